The number of carbonyl (C=O) groups excluding carboxylic acids is 1. The number of hydrogen-bond donors (Lipinski definition) is 0. The van der Waals surface area contributed by atoms with E-state index in [9.17, 15) is 4.79 Å². The predicted octanol–water partition coefficient (Wildman–Crippen LogP) is 4.24. The zero-order valence-electron chi connectivity index (χ0n) is 11.3. The Balaban J connectivity index is 2.27. The second-order valence-corrected chi connectivity index (χ2v) is 4.49. The number of fused-ring (bicyclic) bond motifs is 2. The van der Waals surface area contributed by atoms with E-state index < -0.39 is 5.97 Å². The third-order valence-electron chi connectivity index (χ3n) is 3.18. The van der Waals surface area contributed by atoms with Crippen molar-refractivity contribution in [2.75, 3.05) is 0 Å². The van der Waals surface area contributed by atoms with E-state index in [4.69, 9.17) is 4.74 Å². The van der Waals surface area contributed by atoms with Gasteiger partial charge in [-0.1, -0.05) is 49.1 Å². The highest BCUT2D eigenvalue weighted by Crippen LogP contribution is 2.26. The Bertz CT molecular complexity index is 811. The van der Waals surface area contributed by atoms with Crippen LogP contribution in [0, 0.1) is 0 Å². The Hall–Kier alpha value is -2.94. The molecule has 0 saturated heterocycles. The van der Waals surface area contributed by atoms with Crippen LogP contribution < -0.4 is 0 Å². The molecule has 3 aromatic rings. The molecule has 0 N–H and O–H groups in total. The summed E-state index contributed by atoms with van der Waals surface area (Å²) >= 11 is 0. The van der Waals surface area contributed by atoms with Crippen LogP contribution in [0.3, 0.4) is 0 Å². The van der Waals surface area contributed by atoms with Crippen LogP contribution in [-0.4, -0.2) is 11.0 Å². The maximum absolute atomic E-state index is 12.4. The maximum atomic E-state index is 12.4. The molecule has 3 nitrogen and oxygen atoms in total. The average Bonchev–Trinajstić information content (AvgIpc) is 2.52. The summed E-state index contributed by atoms with van der Waals surface area (Å²) in [5.74, 6) is -0.400. The second kappa shape index (κ2) is 5.59. The molecule has 3 rings (SSSR count). The fourth-order valence-electron chi connectivity index (χ4n) is 2.28. The standard InChI is InChI=1S/C18H13NO2/c1-2-3-12-21-18(20)17-13-8-4-6-10-15(13)19-16-11-7-5-9-14(16)17/h2-12H,1H2/b12-3+. The Morgan fingerprint density at radius 1 is 1.00 bits per heavy atom. The van der Waals surface area contributed by atoms with E-state index in [1.54, 1.807) is 12.2 Å². The van der Waals surface area contributed by atoms with E-state index in [2.05, 4.69) is 11.6 Å². The summed E-state index contributed by atoms with van der Waals surface area (Å²) in [4.78, 5) is 17.0. The molecular weight excluding hydrogens is 262 g/mol. The Morgan fingerprint density at radius 3 is 2.14 bits per heavy atom. The molecular formula is C18H13NO2. The minimum atomic E-state index is -0.400. The van der Waals surface area contributed by atoms with Gasteiger partial charge in [0.15, 0.2) is 0 Å². The van der Waals surface area contributed by atoms with Crippen molar-refractivity contribution in [3.05, 3.63) is 79.1 Å². The molecule has 2 aromatic carbocycles. The Morgan fingerprint density at radius 2 is 1.57 bits per heavy atom. The lowest BCUT2D eigenvalue weighted by atomic mass is 10.0. The molecule has 0 amide bonds. The van der Waals surface area contributed by atoms with Gasteiger partial charge in [0.05, 0.1) is 22.9 Å². The lowest BCUT2D eigenvalue weighted by Gasteiger charge is -2.08. The number of allylic oxidation sites excluding steroid dienone is 2. The molecule has 0 aliphatic rings. The van der Waals surface area contributed by atoms with Gasteiger partial charge in [-0.15, -0.1) is 0 Å². The first-order valence-corrected chi connectivity index (χ1v) is 6.57. The number of carbonyl (C=O) groups is 1. The van der Waals surface area contributed by atoms with Gasteiger partial charge in [0.25, 0.3) is 0 Å². The zero-order valence-corrected chi connectivity index (χ0v) is 11.3. The van der Waals surface area contributed by atoms with Crippen LogP contribution in [-0.2, 0) is 4.74 Å². The molecule has 0 bridgehead atoms. The molecule has 0 aliphatic carbocycles. The minimum Gasteiger partial charge on any atom is -0.431 e. The average molecular weight is 275 g/mol. The fourth-order valence-corrected chi connectivity index (χ4v) is 2.28. The van der Waals surface area contributed by atoms with Crippen molar-refractivity contribution in [3.63, 3.8) is 0 Å². The van der Waals surface area contributed by atoms with Crippen molar-refractivity contribution in [2.45, 2.75) is 0 Å². The molecule has 21 heavy (non-hydrogen) atoms. The molecule has 0 spiro atoms. The smallest absolute Gasteiger partial charge is 0.344 e. The van der Waals surface area contributed by atoms with Crippen LogP contribution in [0.15, 0.2) is 73.5 Å². The molecule has 1 aromatic heterocycles. The van der Waals surface area contributed by atoms with Gasteiger partial charge in [-0.05, 0) is 18.2 Å². The molecule has 0 saturated carbocycles. The molecule has 102 valence electrons. The van der Waals surface area contributed by atoms with Gasteiger partial charge in [-0.2, -0.15) is 0 Å². The summed E-state index contributed by atoms with van der Waals surface area (Å²) in [7, 11) is 0. The second-order valence-electron chi connectivity index (χ2n) is 4.49. The normalized spacial score (nSPS) is 11.0. The van der Waals surface area contributed by atoms with Gasteiger partial charge >= 0.3 is 5.97 Å². The first-order valence-electron chi connectivity index (χ1n) is 6.57. The van der Waals surface area contributed by atoms with Crippen molar-refractivity contribution in [3.8, 4) is 0 Å². The van der Waals surface area contributed by atoms with E-state index in [1.807, 2.05) is 48.5 Å². The van der Waals surface area contributed by atoms with Gasteiger partial charge < -0.3 is 4.74 Å². The predicted molar refractivity (Wildman–Crippen MR) is 84.0 cm³/mol. The molecule has 0 unspecified atom stereocenters. The lowest BCUT2D eigenvalue weighted by Crippen LogP contribution is -2.04. The third kappa shape index (κ3) is 2.41. The summed E-state index contributed by atoms with van der Waals surface area (Å²) in [6.07, 6.45) is 4.46. The van der Waals surface area contributed by atoms with Crippen LogP contribution in [0.4, 0.5) is 0 Å². The quantitative estimate of drug-likeness (QED) is 0.310. The zero-order chi connectivity index (χ0) is 14.7. The van der Waals surface area contributed by atoms with Crippen LogP contribution >= 0.6 is 0 Å². The molecule has 0 aliphatic heterocycles. The number of pyridine rings is 1. The Labute approximate surface area is 122 Å². The van der Waals surface area contributed by atoms with E-state index in [0.717, 1.165) is 21.8 Å². The van der Waals surface area contributed by atoms with Crippen LogP contribution in [0.1, 0.15) is 10.4 Å². The number of aromatic nitrogens is 1. The van der Waals surface area contributed by atoms with Crippen LogP contribution in [0.2, 0.25) is 0 Å². The largest absolute Gasteiger partial charge is 0.431 e. The van der Waals surface area contributed by atoms with Crippen molar-refractivity contribution in [2.24, 2.45) is 0 Å². The maximum Gasteiger partial charge on any atom is 0.344 e. The first kappa shape index (κ1) is 13.1. The topological polar surface area (TPSA) is 39.2 Å². The first-order chi connectivity index (χ1) is 10.3. The summed E-state index contributed by atoms with van der Waals surface area (Å²) in [6, 6.07) is 15.1. The highest BCUT2D eigenvalue weighted by atomic mass is 16.5. The van der Waals surface area contributed by atoms with Crippen molar-refractivity contribution in [1.29, 1.82) is 0 Å². The summed E-state index contributed by atoms with van der Waals surface area (Å²) in [6.45, 7) is 3.54. The van der Waals surface area contributed by atoms with Gasteiger partial charge in [0.2, 0.25) is 0 Å². The van der Waals surface area contributed by atoms with Gasteiger partial charge in [-0.3, -0.25) is 0 Å². The monoisotopic (exact) mass is 275 g/mol. The Kier molecular flexibility index (Phi) is 3.48. The number of para-hydroxylation sites is 2. The van der Waals surface area contributed by atoms with Gasteiger partial charge in [-0.25, -0.2) is 9.78 Å². The summed E-state index contributed by atoms with van der Waals surface area (Å²) in [5.41, 5.74) is 2.08. The number of esters is 1. The molecule has 0 radical (unpaired) electrons. The van der Waals surface area contributed by atoms with E-state index >= 15 is 0 Å². The number of benzene rings is 2. The molecule has 1 heterocycles. The van der Waals surface area contributed by atoms with Crippen molar-refractivity contribution in [1.82, 2.24) is 4.98 Å². The van der Waals surface area contributed by atoms with E-state index in [1.165, 1.54) is 6.26 Å². The highest BCUT2D eigenvalue weighted by molar-refractivity contribution is 6.14. The number of ether oxygens (including phenoxy) is 1. The molecule has 0 fully saturated rings. The summed E-state index contributed by atoms with van der Waals surface area (Å²) in [5, 5.41) is 1.57. The van der Waals surface area contributed by atoms with Crippen LogP contribution in [0.25, 0.3) is 21.8 Å². The van der Waals surface area contributed by atoms with Crippen molar-refractivity contribution < 1.29 is 9.53 Å². The third-order valence-corrected chi connectivity index (χ3v) is 3.18. The van der Waals surface area contributed by atoms with E-state index in [-0.39, 0.29) is 0 Å². The van der Waals surface area contributed by atoms with Crippen molar-refractivity contribution >= 4 is 27.8 Å². The van der Waals surface area contributed by atoms with Crippen LogP contribution in [0.5, 0.6) is 0 Å². The number of nitrogens with zero attached hydrogens (tertiary/aromatic N) is 1. The highest BCUT2D eigenvalue weighted by Gasteiger charge is 2.16. The van der Waals surface area contributed by atoms with E-state index in [0.29, 0.717) is 5.56 Å². The summed E-state index contributed by atoms with van der Waals surface area (Å²) < 4.78 is 5.17. The minimum absolute atomic E-state index is 0.400. The lowest BCUT2D eigenvalue weighted by molar-refractivity contribution is 0.0667. The SMILES string of the molecule is C=C/C=C/OC(=O)c1c2ccccc2nc2ccccc12. The van der Waals surface area contributed by atoms with Gasteiger partial charge in [0.1, 0.15) is 0 Å². The molecule has 3 heteroatoms. The van der Waals surface area contributed by atoms with Gasteiger partial charge in [0, 0.05) is 10.8 Å². The number of rotatable bonds is 3. The number of hydrogen-bond acceptors (Lipinski definition) is 3. The fraction of sp³-hybridized carbons (Fsp3) is 0. The molecule has 0 atom stereocenters.